The monoisotopic (exact) mass is 303 g/mol. The molecule has 0 aliphatic heterocycles. The molecule has 0 fully saturated rings. The van der Waals surface area contributed by atoms with Gasteiger partial charge in [-0.2, -0.15) is 9.66 Å². The van der Waals surface area contributed by atoms with Crippen LogP contribution in [0.4, 0.5) is 0 Å². The van der Waals surface area contributed by atoms with Gasteiger partial charge in [-0.25, -0.2) is 0 Å². The molecule has 1 aromatic heterocycles. The van der Waals surface area contributed by atoms with Crippen LogP contribution >= 0.6 is 0 Å². The topological polar surface area (TPSA) is 70.1 Å². The number of para-hydroxylation sites is 1. The fraction of sp³-hybridized carbons (Fsp3) is 0. The van der Waals surface area contributed by atoms with Gasteiger partial charge in [-0.3, -0.25) is 4.79 Å². The molecule has 0 amide bonds. The lowest BCUT2D eigenvalue weighted by molar-refractivity contribution is 0.427. The maximum atomic E-state index is 12.3. The predicted molar refractivity (Wildman–Crippen MR) is 90.2 cm³/mol. The average molecular weight is 303 g/mol. The first-order valence-corrected chi connectivity index (χ1v) is 7.16. The maximum absolute atomic E-state index is 12.3. The van der Waals surface area contributed by atoms with Gasteiger partial charge in [-0.15, -0.1) is 0 Å². The second-order valence-corrected chi connectivity index (χ2v) is 5.17. The summed E-state index contributed by atoms with van der Waals surface area (Å²) in [6.07, 6.45) is 0. The van der Waals surface area contributed by atoms with E-state index in [1.807, 2.05) is 48.5 Å². The molecule has 4 aromatic rings. The van der Waals surface area contributed by atoms with Crippen LogP contribution < -0.4 is 16.1 Å². The quantitative estimate of drug-likeness (QED) is 0.578. The van der Waals surface area contributed by atoms with Crippen molar-refractivity contribution in [3.8, 4) is 11.8 Å². The van der Waals surface area contributed by atoms with Crippen molar-refractivity contribution in [2.24, 2.45) is 0 Å². The number of hydrogen-bond donors (Lipinski definition) is 1. The summed E-state index contributed by atoms with van der Waals surface area (Å²) in [5.74, 6) is 6.46. The second-order valence-electron chi connectivity index (χ2n) is 5.17. The molecule has 0 spiro atoms. The zero-order valence-corrected chi connectivity index (χ0v) is 12.1. The molecule has 0 unspecified atom stereocenters. The van der Waals surface area contributed by atoms with E-state index in [0.29, 0.717) is 16.7 Å². The van der Waals surface area contributed by atoms with Crippen LogP contribution in [0.2, 0.25) is 0 Å². The molecule has 112 valence electrons. The molecule has 4 rings (SSSR count). The van der Waals surface area contributed by atoms with E-state index in [0.717, 1.165) is 15.4 Å². The van der Waals surface area contributed by atoms with Crippen LogP contribution in [-0.2, 0) is 0 Å². The third-order valence-electron chi connectivity index (χ3n) is 3.73. The SMILES string of the molecule is Nn1c(Oc2cccc3ccccc23)nc2ccccc2c1=O. The Morgan fingerprint density at radius 2 is 1.57 bits per heavy atom. The Bertz CT molecular complexity index is 1080. The van der Waals surface area contributed by atoms with Gasteiger partial charge in [-0.1, -0.05) is 48.5 Å². The highest BCUT2D eigenvalue weighted by atomic mass is 16.5. The van der Waals surface area contributed by atoms with Crippen molar-refractivity contribution in [2.75, 3.05) is 5.84 Å². The molecular formula is C18H13N3O2. The van der Waals surface area contributed by atoms with Gasteiger partial charge in [0.25, 0.3) is 5.56 Å². The molecule has 5 nitrogen and oxygen atoms in total. The highest BCUT2D eigenvalue weighted by Crippen LogP contribution is 2.28. The molecule has 0 aliphatic carbocycles. The minimum Gasteiger partial charge on any atom is -0.424 e. The van der Waals surface area contributed by atoms with E-state index in [1.54, 1.807) is 18.2 Å². The molecule has 0 radical (unpaired) electrons. The summed E-state index contributed by atoms with van der Waals surface area (Å²) in [7, 11) is 0. The van der Waals surface area contributed by atoms with Crippen LogP contribution in [0.25, 0.3) is 21.7 Å². The zero-order chi connectivity index (χ0) is 15.8. The maximum Gasteiger partial charge on any atom is 0.324 e. The van der Waals surface area contributed by atoms with Gasteiger partial charge in [0.1, 0.15) is 5.75 Å². The molecule has 3 aromatic carbocycles. The number of nitrogens with zero attached hydrogens (tertiary/aromatic N) is 2. The molecule has 0 bridgehead atoms. The minimum absolute atomic E-state index is 0.0602. The molecule has 2 N–H and O–H groups in total. The van der Waals surface area contributed by atoms with Crippen LogP contribution in [0.3, 0.4) is 0 Å². The first-order chi connectivity index (χ1) is 11.2. The molecule has 0 saturated heterocycles. The molecule has 5 heteroatoms. The third-order valence-corrected chi connectivity index (χ3v) is 3.73. The Hall–Kier alpha value is -3.34. The number of rotatable bonds is 2. The zero-order valence-electron chi connectivity index (χ0n) is 12.1. The standard InChI is InChI=1S/C18H13N3O2/c19-21-17(22)14-9-3-4-10-15(14)20-18(21)23-16-11-5-7-12-6-1-2-8-13(12)16/h1-11H,19H2. The van der Waals surface area contributed by atoms with Crippen molar-refractivity contribution in [1.82, 2.24) is 9.66 Å². The molecule has 0 atom stereocenters. The Balaban J connectivity index is 1.90. The first-order valence-electron chi connectivity index (χ1n) is 7.16. The summed E-state index contributed by atoms with van der Waals surface area (Å²) in [5, 5.41) is 2.43. The Kier molecular flexibility index (Phi) is 2.98. The van der Waals surface area contributed by atoms with Crippen LogP contribution in [0.15, 0.2) is 71.5 Å². The van der Waals surface area contributed by atoms with E-state index in [-0.39, 0.29) is 11.6 Å². The number of benzene rings is 3. The summed E-state index contributed by atoms with van der Waals surface area (Å²) < 4.78 is 6.77. The lowest BCUT2D eigenvalue weighted by Gasteiger charge is -2.11. The Morgan fingerprint density at radius 3 is 2.43 bits per heavy atom. The minimum atomic E-state index is -0.342. The van der Waals surface area contributed by atoms with Crippen molar-refractivity contribution in [3.63, 3.8) is 0 Å². The molecule has 0 saturated carbocycles. The largest absolute Gasteiger partial charge is 0.424 e. The van der Waals surface area contributed by atoms with Crippen molar-refractivity contribution in [2.45, 2.75) is 0 Å². The van der Waals surface area contributed by atoms with Crippen LogP contribution in [-0.4, -0.2) is 9.66 Å². The van der Waals surface area contributed by atoms with Gasteiger partial charge < -0.3 is 10.6 Å². The van der Waals surface area contributed by atoms with Crippen molar-refractivity contribution < 1.29 is 4.74 Å². The van der Waals surface area contributed by atoms with Gasteiger partial charge in [0.05, 0.1) is 10.9 Å². The van der Waals surface area contributed by atoms with Crippen LogP contribution in [0.1, 0.15) is 0 Å². The molecule has 1 heterocycles. The molecule has 23 heavy (non-hydrogen) atoms. The van der Waals surface area contributed by atoms with Crippen molar-refractivity contribution in [1.29, 1.82) is 0 Å². The van der Waals surface area contributed by atoms with Gasteiger partial charge >= 0.3 is 6.01 Å². The highest BCUT2D eigenvalue weighted by molar-refractivity contribution is 5.88. The molecular weight excluding hydrogens is 290 g/mol. The summed E-state index contributed by atoms with van der Waals surface area (Å²) in [4.78, 5) is 16.7. The van der Waals surface area contributed by atoms with Crippen molar-refractivity contribution >= 4 is 21.7 Å². The first kappa shape index (κ1) is 13.3. The average Bonchev–Trinajstić information content (AvgIpc) is 2.60. The van der Waals surface area contributed by atoms with Gasteiger partial charge in [-0.05, 0) is 23.6 Å². The number of fused-ring (bicyclic) bond motifs is 2. The lowest BCUT2D eigenvalue weighted by Crippen LogP contribution is -2.29. The fourth-order valence-corrected chi connectivity index (χ4v) is 2.58. The Labute approximate surface area is 131 Å². The van der Waals surface area contributed by atoms with Gasteiger partial charge in [0, 0.05) is 5.39 Å². The molecule has 0 aliphatic rings. The fourth-order valence-electron chi connectivity index (χ4n) is 2.58. The van der Waals surface area contributed by atoms with Crippen LogP contribution in [0.5, 0.6) is 11.8 Å². The summed E-state index contributed by atoms with van der Waals surface area (Å²) in [5.41, 5.74) is 0.209. The van der Waals surface area contributed by atoms with E-state index in [2.05, 4.69) is 4.98 Å². The second kappa shape index (κ2) is 5.14. The summed E-state index contributed by atoms with van der Waals surface area (Å²) >= 11 is 0. The lowest BCUT2D eigenvalue weighted by atomic mass is 10.1. The number of aromatic nitrogens is 2. The van der Waals surface area contributed by atoms with E-state index in [9.17, 15) is 4.79 Å². The van der Waals surface area contributed by atoms with Gasteiger partial charge in [0.15, 0.2) is 0 Å². The predicted octanol–water partition coefficient (Wildman–Crippen LogP) is 3.06. The third kappa shape index (κ3) is 2.19. The van der Waals surface area contributed by atoms with E-state index in [1.165, 1.54) is 0 Å². The van der Waals surface area contributed by atoms with E-state index in [4.69, 9.17) is 10.6 Å². The highest BCUT2D eigenvalue weighted by Gasteiger charge is 2.11. The number of ether oxygens (including phenoxy) is 1. The van der Waals surface area contributed by atoms with Crippen molar-refractivity contribution in [3.05, 3.63) is 77.1 Å². The summed E-state index contributed by atoms with van der Waals surface area (Å²) in [6, 6.07) is 20.6. The number of nitrogen functional groups attached to an aromatic ring is 1. The van der Waals surface area contributed by atoms with Gasteiger partial charge in [0.2, 0.25) is 0 Å². The number of nitrogens with two attached hydrogens (primary N) is 1. The number of hydrogen-bond acceptors (Lipinski definition) is 4. The smallest absolute Gasteiger partial charge is 0.324 e. The normalized spacial score (nSPS) is 11.0. The Morgan fingerprint density at radius 1 is 0.870 bits per heavy atom. The summed E-state index contributed by atoms with van der Waals surface area (Å²) in [6.45, 7) is 0. The van der Waals surface area contributed by atoms with E-state index < -0.39 is 0 Å². The van der Waals surface area contributed by atoms with Crippen LogP contribution in [0, 0.1) is 0 Å². The van der Waals surface area contributed by atoms with E-state index >= 15 is 0 Å².